The number of aliphatic hydroxyl groups is 1. The highest BCUT2D eigenvalue weighted by atomic mass is 16.3. The molecule has 0 radical (unpaired) electrons. The Morgan fingerprint density at radius 1 is 1.24 bits per heavy atom. The summed E-state index contributed by atoms with van der Waals surface area (Å²) in [6.07, 6.45) is 5.87. The fraction of sp³-hybridized carbons (Fsp3) is 0.478. The molecule has 5 rings (SSSR count). The third-order valence-corrected chi connectivity index (χ3v) is 6.88. The van der Waals surface area contributed by atoms with Gasteiger partial charge in [-0.05, 0) is 55.1 Å². The maximum absolute atomic E-state index is 12.5. The van der Waals surface area contributed by atoms with Crippen LogP contribution in [-0.4, -0.2) is 60.2 Å². The maximum Gasteiger partial charge on any atom is 0.246 e. The zero-order valence-corrected chi connectivity index (χ0v) is 16.9. The number of amides is 1. The van der Waals surface area contributed by atoms with Crippen LogP contribution >= 0.6 is 0 Å². The van der Waals surface area contributed by atoms with E-state index in [0.717, 1.165) is 50.1 Å². The van der Waals surface area contributed by atoms with E-state index in [1.54, 1.807) is 12.4 Å². The monoisotopic (exact) mass is 392 g/mol. The molecule has 3 atom stereocenters. The number of aromatic nitrogens is 1. The molecule has 0 spiro atoms. The van der Waals surface area contributed by atoms with Crippen molar-refractivity contribution in [3.8, 4) is 0 Å². The number of carbonyl (C=O) groups excluding carboxylic acids is 1. The Morgan fingerprint density at radius 3 is 2.90 bits per heavy atom. The zero-order chi connectivity index (χ0) is 20.0. The number of aliphatic hydroxyl groups excluding tert-OH is 1. The van der Waals surface area contributed by atoms with Crippen LogP contribution in [0.4, 0.5) is 11.4 Å². The number of benzene rings is 1. The highest BCUT2D eigenvalue weighted by Crippen LogP contribution is 2.50. The van der Waals surface area contributed by atoms with Crippen LogP contribution in [0, 0.1) is 0 Å². The van der Waals surface area contributed by atoms with Crippen molar-refractivity contribution in [3.05, 3.63) is 53.9 Å². The molecule has 2 aromatic rings. The molecule has 152 valence electrons. The Bertz CT molecular complexity index is 903. The van der Waals surface area contributed by atoms with Gasteiger partial charge in [-0.15, -0.1) is 0 Å². The first-order chi connectivity index (χ1) is 14.1. The molecule has 4 heterocycles. The summed E-state index contributed by atoms with van der Waals surface area (Å²) in [6.45, 7) is 3.58. The second-order valence-corrected chi connectivity index (χ2v) is 8.50. The van der Waals surface area contributed by atoms with Gasteiger partial charge >= 0.3 is 0 Å². The van der Waals surface area contributed by atoms with Gasteiger partial charge < -0.3 is 19.8 Å². The van der Waals surface area contributed by atoms with Gasteiger partial charge in [0.1, 0.15) is 0 Å². The lowest BCUT2D eigenvalue weighted by atomic mass is 9.89. The van der Waals surface area contributed by atoms with E-state index in [0.29, 0.717) is 18.5 Å². The summed E-state index contributed by atoms with van der Waals surface area (Å²) in [6, 6.07) is 10.6. The van der Waals surface area contributed by atoms with Crippen molar-refractivity contribution in [2.75, 3.05) is 43.0 Å². The lowest BCUT2D eigenvalue weighted by Gasteiger charge is -2.41. The predicted molar refractivity (Wildman–Crippen MR) is 113 cm³/mol. The molecule has 0 aliphatic carbocycles. The van der Waals surface area contributed by atoms with Crippen LogP contribution in [-0.2, 0) is 4.79 Å². The van der Waals surface area contributed by atoms with E-state index in [4.69, 9.17) is 0 Å². The summed E-state index contributed by atoms with van der Waals surface area (Å²) in [7, 11) is 1.89. The lowest BCUT2D eigenvalue weighted by molar-refractivity contribution is -0.117. The molecule has 1 aromatic heterocycles. The molecular weight excluding hydrogens is 364 g/mol. The van der Waals surface area contributed by atoms with Crippen molar-refractivity contribution in [3.63, 3.8) is 0 Å². The Kier molecular flexibility index (Phi) is 4.76. The molecule has 1 aromatic carbocycles. The summed E-state index contributed by atoms with van der Waals surface area (Å²) >= 11 is 0. The van der Waals surface area contributed by atoms with Crippen molar-refractivity contribution < 1.29 is 9.90 Å². The number of rotatable bonds is 5. The van der Waals surface area contributed by atoms with Gasteiger partial charge in [0.15, 0.2) is 0 Å². The molecule has 0 bridgehead atoms. The first kappa shape index (κ1) is 18.6. The number of likely N-dealkylation sites (tertiary alicyclic amines) is 1. The number of piperidine rings is 1. The van der Waals surface area contributed by atoms with Gasteiger partial charge in [-0.3, -0.25) is 9.78 Å². The molecule has 3 aliphatic rings. The van der Waals surface area contributed by atoms with Crippen LogP contribution in [0.2, 0.25) is 0 Å². The van der Waals surface area contributed by atoms with Crippen molar-refractivity contribution in [2.45, 2.75) is 37.3 Å². The molecule has 3 aliphatic heterocycles. The Balaban J connectivity index is 1.25. The molecular formula is C23H28N4O2. The lowest BCUT2D eigenvalue weighted by Crippen LogP contribution is -2.51. The van der Waals surface area contributed by atoms with Gasteiger partial charge in [0.2, 0.25) is 5.91 Å². The summed E-state index contributed by atoms with van der Waals surface area (Å²) in [5.74, 6) is 0.644. The normalized spacial score (nSPS) is 24.4. The number of pyridine rings is 1. The molecule has 1 N–H and O–H groups in total. The maximum atomic E-state index is 12.5. The molecule has 0 unspecified atom stereocenters. The van der Waals surface area contributed by atoms with E-state index in [-0.39, 0.29) is 5.91 Å². The van der Waals surface area contributed by atoms with Crippen LogP contribution in [0.15, 0.2) is 42.7 Å². The van der Waals surface area contributed by atoms with Gasteiger partial charge in [0.05, 0.1) is 24.0 Å². The third-order valence-electron chi connectivity index (χ3n) is 6.88. The molecule has 6 heteroatoms. The van der Waals surface area contributed by atoms with Crippen molar-refractivity contribution in [1.82, 2.24) is 9.88 Å². The minimum Gasteiger partial charge on any atom is -0.388 e. The Morgan fingerprint density at radius 2 is 2.07 bits per heavy atom. The predicted octanol–water partition coefficient (Wildman–Crippen LogP) is 2.55. The number of carbonyl (C=O) groups is 1. The first-order valence-electron chi connectivity index (χ1n) is 10.6. The number of hydrogen-bond donors (Lipinski definition) is 1. The van der Waals surface area contributed by atoms with E-state index in [1.807, 2.05) is 24.1 Å². The summed E-state index contributed by atoms with van der Waals surface area (Å²) < 4.78 is 0. The first-order valence-corrected chi connectivity index (χ1v) is 10.6. The molecule has 1 saturated heterocycles. The smallest absolute Gasteiger partial charge is 0.246 e. The summed E-state index contributed by atoms with van der Waals surface area (Å²) in [4.78, 5) is 23.2. The van der Waals surface area contributed by atoms with E-state index in [2.05, 4.69) is 33.0 Å². The van der Waals surface area contributed by atoms with Crippen LogP contribution in [0.5, 0.6) is 0 Å². The Hall–Kier alpha value is -2.44. The number of para-hydroxylation sites is 1. The van der Waals surface area contributed by atoms with Crippen molar-refractivity contribution in [2.24, 2.45) is 0 Å². The molecule has 1 amide bonds. The summed E-state index contributed by atoms with van der Waals surface area (Å²) in [5.41, 5.74) is 4.67. The molecule has 1 fully saturated rings. The fourth-order valence-electron chi connectivity index (χ4n) is 5.33. The van der Waals surface area contributed by atoms with Crippen LogP contribution in [0.25, 0.3) is 0 Å². The topological polar surface area (TPSA) is 59.9 Å². The number of fused-ring (bicyclic) bond motifs is 3. The van der Waals surface area contributed by atoms with Crippen molar-refractivity contribution in [1.29, 1.82) is 0 Å². The molecule has 0 saturated carbocycles. The van der Waals surface area contributed by atoms with E-state index in [1.165, 1.54) is 11.3 Å². The van der Waals surface area contributed by atoms with Gasteiger partial charge in [-0.1, -0.05) is 12.1 Å². The van der Waals surface area contributed by atoms with Crippen LogP contribution in [0.3, 0.4) is 0 Å². The van der Waals surface area contributed by atoms with Gasteiger partial charge in [-0.2, -0.15) is 0 Å². The number of hydrogen-bond acceptors (Lipinski definition) is 5. The largest absolute Gasteiger partial charge is 0.388 e. The Labute approximate surface area is 171 Å². The van der Waals surface area contributed by atoms with E-state index < -0.39 is 6.10 Å². The number of likely N-dealkylation sites (N-methyl/N-ethyl adjacent to an activating group) is 1. The van der Waals surface area contributed by atoms with E-state index >= 15 is 0 Å². The van der Waals surface area contributed by atoms with Crippen molar-refractivity contribution >= 4 is 17.3 Å². The highest BCUT2D eigenvalue weighted by molar-refractivity contribution is 6.04. The summed E-state index contributed by atoms with van der Waals surface area (Å²) in [5, 5.41) is 10.4. The minimum absolute atomic E-state index is 0.183. The number of nitrogens with zero attached hydrogens (tertiary/aromatic N) is 4. The average molecular weight is 393 g/mol. The number of anilines is 2. The standard InChI is InChI=1S/C23H28N4O2/c1-25-20-5-2-4-17-18-14-26(12-3-6-21(28)16-7-10-24-11-8-16)13-9-19(18)27(23(17)20)15-22(25)29/h2,4-5,7-8,10-11,18-19,21,28H,3,6,9,12-15H2,1H3/t18-,19-,21-/m0/s1. The quantitative estimate of drug-likeness (QED) is 0.847. The van der Waals surface area contributed by atoms with Gasteiger partial charge in [-0.25, -0.2) is 0 Å². The van der Waals surface area contributed by atoms with Gasteiger partial charge in [0, 0.05) is 44.5 Å². The fourth-order valence-corrected chi connectivity index (χ4v) is 5.33. The SMILES string of the molecule is CN1C(=O)CN2c3c(cccc31)[C@@H]1CN(CCC[C@H](O)c3ccncc3)CC[C@@H]12. The van der Waals surface area contributed by atoms with Gasteiger partial charge in [0.25, 0.3) is 0 Å². The molecule has 6 nitrogen and oxygen atoms in total. The van der Waals surface area contributed by atoms with E-state index in [9.17, 15) is 9.90 Å². The average Bonchev–Trinajstić information content (AvgIpc) is 3.06. The third kappa shape index (κ3) is 3.20. The van der Waals surface area contributed by atoms with Crippen LogP contribution < -0.4 is 9.80 Å². The second kappa shape index (κ2) is 7.43. The minimum atomic E-state index is -0.420. The molecule has 29 heavy (non-hydrogen) atoms. The highest BCUT2D eigenvalue weighted by Gasteiger charge is 2.46. The second-order valence-electron chi connectivity index (χ2n) is 8.50. The zero-order valence-electron chi connectivity index (χ0n) is 16.9. The van der Waals surface area contributed by atoms with Crippen LogP contribution in [0.1, 0.15) is 42.4 Å².